The number of aromatic nitrogens is 1. The first-order valence-corrected chi connectivity index (χ1v) is 8.48. The van der Waals surface area contributed by atoms with Crippen LogP contribution in [0.2, 0.25) is 0 Å². The highest BCUT2D eigenvalue weighted by Crippen LogP contribution is 2.21. The summed E-state index contributed by atoms with van der Waals surface area (Å²) >= 11 is 1.14. The minimum absolute atomic E-state index is 0.136. The molecule has 2 aromatic rings. The predicted octanol–water partition coefficient (Wildman–Crippen LogP) is 3.01. The summed E-state index contributed by atoms with van der Waals surface area (Å²) in [7, 11) is 0. The lowest BCUT2D eigenvalue weighted by Crippen LogP contribution is -2.44. The number of nitrogens with zero attached hydrogens (tertiary/aromatic N) is 1. The number of benzene rings is 1. The van der Waals surface area contributed by atoms with Gasteiger partial charge < -0.3 is 15.2 Å². The summed E-state index contributed by atoms with van der Waals surface area (Å²) in [6.45, 7) is 5.26. The Bertz CT molecular complexity index is 759. The second-order valence-corrected chi connectivity index (χ2v) is 6.88. The van der Waals surface area contributed by atoms with Crippen LogP contribution in [0.15, 0.2) is 24.3 Å². The van der Waals surface area contributed by atoms with E-state index in [0.717, 1.165) is 11.3 Å². The Morgan fingerprint density at radius 3 is 2.52 bits per heavy atom. The van der Waals surface area contributed by atoms with Crippen molar-refractivity contribution in [3.05, 3.63) is 45.7 Å². The SMILES string of the molecule is Cc1nc(COc2ccc(F)cc2)sc1C(=O)N[C@H](C(=O)O)C(C)C. The summed E-state index contributed by atoms with van der Waals surface area (Å²) in [6.07, 6.45) is 0. The molecule has 134 valence electrons. The third-order valence-electron chi connectivity index (χ3n) is 3.44. The van der Waals surface area contributed by atoms with Crippen molar-refractivity contribution in [3.8, 4) is 5.75 Å². The van der Waals surface area contributed by atoms with Crippen LogP contribution in [0.3, 0.4) is 0 Å². The number of ether oxygens (including phenoxy) is 1. The number of amides is 1. The van der Waals surface area contributed by atoms with Crippen LogP contribution in [0.4, 0.5) is 4.39 Å². The number of carboxylic acid groups (broad SMARTS) is 1. The summed E-state index contributed by atoms with van der Waals surface area (Å²) in [5.74, 6) is -1.65. The minimum atomic E-state index is -1.08. The fourth-order valence-corrected chi connectivity index (χ4v) is 3.00. The summed E-state index contributed by atoms with van der Waals surface area (Å²) in [4.78, 5) is 28.2. The molecule has 0 spiro atoms. The van der Waals surface area contributed by atoms with Crippen molar-refractivity contribution >= 4 is 23.2 Å². The molecule has 0 aliphatic carbocycles. The molecule has 6 nitrogen and oxygen atoms in total. The van der Waals surface area contributed by atoms with Crippen molar-refractivity contribution in [2.75, 3.05) is 0 Å². The Hall–Kier alpha value is -2.48. The van der Waals surface area contributed by atoms with Crippen LogP contribution in [0.5, 0.6) is 5.75 Å². The quantitative estimate of drug-likeness (QED) is 0.786. The summed E-state index contributed by atoms with van der Waals surface area (Å²) in [5.41, 5.74) is 0.508. The van der Waals surface area contributed by atoms with Gasteiger partial charge >= 0.3 is 5.97 Å². The zero-order chi connectivity index (χ0) is 18.6. The molecule has 0 radical (unpaired) electrons. The average molecular weight is 366 g/mol. The first-order valence-electron chi connectivity index (χ1n) is 7.66. The largest absolute Gasteiger partial charge is 0.486 e. The Labute approximate surface area is 148 Å². The smallest absolute Gasteiger partial charge is 0.326 e. The van der Waals surface area contributed by atoms with E-state index in [2.05, 4.69) is 10.3 Å². The maximum Gasteiger partial charge on any atom is 0.326 e. The molecule has 2 rings (SSSR count). The molecule has 1 aromatic heterocycles. The van der Waals surface area contributed by atoms with Gasteiger partial charge in [0.25, 0.3) is 5.91 Å². The van der Waals surface area contributed by atoms with Gasteiger partial charge in [0.05, 0.1) is 5.69 Å². The van der Waals surface area contributed by atoms with E-state index in [1.165, 1.54) is 24.3 Å². The van der Waals surface area contributed by atoms with E-state index in [1.807, 2.05) is 0 Å². The second-order valence-electron chi connectivity index (χ2n) is 5.80. The number of aryl methyl sites for hydroxylation is 1. The average Bonchev–Trinajstić information content (AvgIpc) is 2.92. The standard InChI is InChI=1S/C17H19FN2O4S/c1-9(2)14(17(22)23)20-16(21)15-10(3)19-13(25-15)8-24-12-6-4-11(18)5-7-12/h4-7,9,14H,8H2,1-3H3,(H,20,21)(H,22,23)/t14-/m0/s1. The molecule has 1 heterocycles. The summed E-state index contributed by atoms with van der Waals surface area (Å²) < 4.78 is 18.4. The van der Waals surface area contributed by atoms with E-state index < -0.39 is 17.9 Å². The van der Waals surface area contributed by atoms with Gasteiger partial charge in [0, 0.05) is 0 Å². The molecule has 1 aromatic carbocycles. The number of carbonyl (C=O) groups is 2. The number of carbonyl (C=O) groups excluding carboxylic acids is 1. The van der Waals surface area contributed by atoms with Gasteiger partial charge in [-0.25, -0.2) is 14.2 Å². The van der Waals surface area contributed by atoms with Crippen LogP contribution >= 0.6 is 11.3 Å². The topological polar surface area (TPSA) is 88.5 Å². The highest BCUT2D eigenvalue weighted by Gasteiger charge is 2.26. The molecule has 0 saturated carbocycles. The van der Waals surface area contributed by atoms with Crippen molar-refractivity contribution in [1.29, 1.82) is 0 Å². The van der Waals surface area contributed by atoms with Crippen molar-refractivity contribution in [2.45, 2.75) is 33.4 Å². The molecule has 0 fully saturated rings. The number of carboxylic acids is 1. The molecule has 2 N–H and O–H groups in total. The number of nitrogens with one attached hydrogen (secondary N) is 1. The van der Waals surface area contributed by atoms with Crippen LogP contribution in [0.1, 0.15) is 34.2 Å². The third kappa shape index (κ3) is 4.99. The van der Waals surface area contributed by atoms with Crippen LogP contribution in [0, 0.1) is 18.7 Å². The molecule has 25 heavy (non-hydrogen) atoms. The monoisotopic (exact) mass is 366 g/mol. The first-order chi connectivity index (χ1) is 11.8. The van der Waals surface area contributed by atoms with Gasteiger partial charge in [-0.3, -0.25) is 4.79 Å². The lowest BCUT2D eigenvalue weighted by Gasteiger charge is -2.17. The molecular weight excluding hydrogens is 347 g/mol. The second kappa shape index (κ2) is 8.06. The molecule has 1 amide bonds. The lowest BCUT2D eigenvalue weighted by molar-refractivity contribution is -0.140. The van der Waals surface area contributed by atoms with Gasteiger partial charge in [-0.05, 0) is 37.1 Å². The Morgan fingerprint density at radius 2 is 1.96 bits per heavy atom. The van der Waals surface area contributed by atoms with E-state index in [1.54, 1.807) is 20.8 Å². The summed E-state index contributed by atoms with van der Waals surface area (Å²) in [6, 6.07) is 4.62. The number of hydrogen-bond acceptors (Lipinski definition) is 5. The van der Waals surface area contributed by atoms with E-state index >= 15 is 0 Å². The molecule has 0 unspecified atom stereocenters. The van der Waals surface area contributed by atoms with Gasteiger partial charge in [0.1, 0.15) is 34.1 Å². The van der Waals surface area contributed by atoms with Crippen LogP contribution in [-0.2, 0) is 11.4 Å². The van der Waals surface area contributed by atoms with Crippen LogP contribution in [0.25, 0.3) is 0 Å². The van der Waals surface area contributed by atoms with E-state index in [4.69, 9.17) is 4.74 Å². The molecule has 8 heteroatoms. The van der Waals surface area contributed by atoms with Crippen LogP contribution in [-0.4, -0.2) is 28.0 Å². The highest BCUT2D eigenvalue weighted by atomic mass is 32.1. The van der Waals surface area contributed by atoms with Gasteiger partial charge in [-0.2, -0.15) is 0 Å². The highest BCUT2D eigenvalue weighted by molar-refractivity contribution is 7.13. The Morgan fingerprint density at radius 1 is 1.32 bits per heavy atom. The molecule has 0 bridgehead atoms. The number of halogens is 1. The zero-order valence-electron chi connectivity index (χ0n) is 14.1. The zero-order valence-corrected chi connectivity index (χ0v) is 14.9. The van der Waals surface area contributed by atoms with E-state index in [-0.39, 0.29) is 18.3 Å². The normalized spacial score (nSPS) is 12.0. The lowest BCUT2D eigenvalue weighted by atomic mass is 10.0. The van der Waals surface area contributed by atoms with Gasteiger partial charge in [0.2, 0.25) is 0 Å². The number of aliphatic carboxylic acids is 1. The third-order valence-corrected chi connectivity index (χ3v) is 4.57. The predicted molar refractivity (Wildman–Crippen MR) is 91.3 cm³/mol. The van der Waals surface area contributed by atoms with Gasteiger partial charge in [-0.15, -0.1) is 11.3 Å². The number of hydrogen-bond donors (Lipinski definition) is 2. The molecule has 0 saturated heterocycles. The number of thiazole rings is 1. The molecule has 0 aliphatic heterocycles. The van der Waals surface area contributed by atoms with Crippen molar-refractivity contribution < 1.29 is 23.8 Å². The molecule has 1 atom stereocenters. The fraction of sp³-hybridized carbons (Fsp3) is 0.353. The van der Waals surface area contributed by atoms with Crippen molar-refractivity contribution in [3.63, 3.8) is 0 Å². The first kappa shape index (κ1) is 18.9. The van der Waals surface area contributed by atoms with Gasteiger partial charge in [0.15, 0.2) is 0 Å². The fourth-order valence-electron chi connectivity index (χ4n) is 2.12. The maximum absolute atomic E-state index is 12.9. The van der Waals surface area contributed by atoms with E-state index in [0.29, 0.717) is 21.3 Å². The van der Waals surface area contributed by atoms with Crippen molar-refractivity contribution in [1.82, 2.24) is 10.3 Å². The molecular formula is C17H19FN2O4S. The Balaban J connectivity index is 2.04. The molecule has 0 aliphatic rings. The summed E-state index contributed by atoms with van der Waals surface area (Å²) in [5, 5.41) is 12.3. The van der Waals surface area contributed by atoms with Gasteiger partial charge in [-0.1, -0.05) is 13.8 Å². The van der Waals surface area contributed by atoms with E-state index in [9.17, 15) is 19.1 Å². The van der Waals surface area contributed by atoms with Crippen molar-refractivity contribution in [2.24, 2.45) is 5.92 Å². The Kier molecular flexibility index (Phi) is 6.08. The maximum atomic E-state index is 12.9. The van der Waals surface area contributed by atoms with Crippen LogP contribution < -0.4 is 10.1 Å². The number of rotatable bonds is 7. The minimum Gasteiger partial charge on any atom is -0.486 e.